The maximum Gasteiger partial charge on any atom is 0.338 e. The van der Waals surface area contributed by atoms with E-state index in [1.165, 1.54) is 6.07 Å². The number of ether oxygens (including phenoxy) is 3. The van der Waals surface area contributed by atoms with Gasteiger partial charge in [0.2, 0.25) is 5.75 Å². The van der Waals surface area contributed by atoms with Crippen LogP contribution in [0.4, 0.5) is 0 Å². The van der Waals surface area contributed by atoms with E-state index in [1.807, 2.05) is 0 Å². The average Bonchev–Trinajstić information content (AvgIpc) is 2.84. The van der Waals surface area contributed by atoms with Crippen molar-refractivity contribution in [1.82, 2.24) is 0 Å². The highest BCUT2D eigenvalue weighted by molar-refractivity contribution is 5.91. The number of carbonyl (C=O) groups excluding carboxylic acids is 2. The van der Waals surface area contributed by atoms with Crippen LogP contribution in [0.3, 0.4) is 0 Å². The molecular formula is C26H24O12. The number of fused-ring (bicyclic) bond motifs is 1. The monoisotopic (exact) mass is 528 g/mol. The molecule has 0 aliphatic carbocycles. The van der Waals surface area contributed by atoms with E-state index in [0.717, 1.165) is 30.3 Å². The van der Waals surface area contributed by atoms with Gasteiger partial charge in [-0.05, 0) is 24.3 Å². The Morgan fingerprint density at radius 1 is 0.842 bits per heavy atom. The first-order chi connectivity index (χ1) is 17.8. The minimum absolute atomic E-state index is 0.0389. The van der Waals surface area contributed by atoms with Crippen LogP contribution in [0.1, 0.15) is 41.4 Å². The van der Waals surface area contributed by atoms with Crippen LogP contribution >= 0.6 is 0 Å². The normalized spacial score (nSPS) is 16.4. The number of rotatable bonds is 5. The second-order valence-electron chi connectivity index (χ2n) is 8.95. The molecule has 0 bridgehead atoms. The molecular weight excluding hydrogens is 504 g/mol. The fraction of sp³-hybridized carbons (Fsp3) is 0.231. The van der Waals surface area contributed by atoms with Gasteiger partial charge in [0.25, 0.3) is 0 Å². The van der Waals surface area contributed by atoms with Crippen molar-refractivity contribution in [2.45, 2.75) is 32.5 Å². The van der Waals surface area contributed by atoms with Gasteiger partial charge in [-0.25, -0.2) is 4.79 Å². The van der Waals surface area contributed by atoms with Crippen LogP contribution in [0.2, 0.25) is 0 Å². The van der Waals surface area contributed by atoms with E-state index in [-0.39, 0.29) is 40.4 Å². The SMILES string of the molecule is CC(C)C(=O)Oc1cc(C(=O)O[C@@H]2Cc3c(O)cc(O)cc3O[C@@H]2c2cc(O)c(O)c(O)c2)cc(O)c1O. The molecule has 1 aliphatic rings. The Bertz CT molecular complexity index is 1410. The fourth-order valence-electron chi connectivity index (χ4n) is 3.84. The first-order valence-corrected chi connectivity index (χ1v) is 11.3. The Labute approximate surface area is 215 Å². The summed E-state index contributed by atoms with van der Waals surface area (Å²) in [6.07, 6.45) is -2.58. The van der Waals surface area contributed by atoms with Crippen LogP contribution < -0.4 is 9.47 Å². The van der Waals surface area contributed by atoms with Crippen molar-refractivity contribution in [1.29, 1.82) is 0 Å². The molecule has 7 N–H and O–H groups in total. The summed E-state index contributed by atoms with van der Waals surface area (Å²) in [5.74, 6) is -7.10. The van der Waals surface area contributed by atoms with Gasteiger partial charge in [-0.1, -0.05) is 13.8 Å². The molecule has 3 aromatic rings. The van der Waals surface area contributed by atoms with Crippen LogP contribution in [-0.2, 0) is 16.0 Å². The number of aromatic hydroxyl groups is 7. The molecule has 0 radical (unpaired) electrons. The van der Waals surface area contributed by atoms with E-state index < -0.39 is 64.6 Å². The molecule has 0 saturated heterocycles. The Kier molecular flexibility index (Phi) is 6.73. The van der Waals surface area contributed by atoms with Crippen molar-refractivity contribution in [3.05, 3.63) is 53.1 Å². The number of phenols is 7. The number of phenolic OH excluding ortho intramolecular Hbond substituents is 7. The van der Waals surface area contributed by atoms with Gasteiger partial charge in [-0.15, -0.1) is 0 Å². The maximum absolute atomic E-state index is 13.1. The zero-order valence-corrected chi connectivity index (χ0v) is 20.1. The lowest BCUT2D eigenvalue weighted by Gasteiger charge is -2.34. The molecule has 12 nitrogen and oxygen atoms in total. The predicted octanol–water partition coefficient (Wildman–Crippen LogP) is 3.09. The molecule has 0 amide bonds. The van der Waals surface area contributed by atoms with Gasteiger partial charge in [-0.3, -0.25) is 4.79 Å². The largest absolute Gasteiger partial charge is 0.508 e. The molecule has 0 unspecified atom stereocenters. The standard InChI is InChI=1S/C26H24O12/c1-10(2)25(34)37-20-6-12(5-18(31)23(20)33)26(35)38-21-9-14-15(28)7-13(27)8-19(14)36-24(21)11-3-16(29)22(32)17(30)4-11/h3-8,10,21,24,27-33H,9H2,1-2H3/t21-,24-/m1/s1. The molecule has 2 atom stereocenters. The van der Waals surface area contributed by atoms with Crippen LogP contribution in [0.15, 0.2) is 36.4 Å². The van der Waals surface area contributed by atoms with Crippen molar-refractivity contribution >= 4 is 11.9 Å². The molecule has 200 valence electrons. The van der Waals surface area contributed by atoms with Crippen LogP contribution in [0.25, 0.3) is 0 Å². The van der Waals surface area contributed by atoms with Gasteiger partial charge in [0, 0.05) is 29.7 Å². The molecule has 1 aliphatic heterocycles. The van der Waals surface area contributed by atoms with E-state index in [9.17, 15) is 45.3 Å². The number of esters is 2. The van der Waals surface area contributed by atoms with Gasteiger partial charge < -0.3 is 50.0 Å². The number of carbonyl (C=O) groups is 2. The maximum atomic E-state index is 13.1. The summed E-state index contributed by atoms with van der Waals surface area (Å²) in [6, 6.07) is 6.32. The zero-order chi connectivity index (χ0) is 27.9. The fourth-order valence-corrected chi connectivity index (χ4v) is 3.84. The zero-order valence-electron chi connectivity index (χ0n) is 20.1. The number of benzene rings is 3. The third-order valence-corrected chi connectivity index (χ3v) is 5.82. The number of hydrogen-bond acceptors (Lipinski definition) is 12. The predicted molar refractivity (Wildman–Crippen MR) is 128 cm³/mol. The molecule has 4 rings (SSSR count). The summed E-state index contributed by atoms with van der Waals surface area (Å²) < 4.78 is 16.5. The van der Waals surface area contributed by atoms with Crippen molar-refractivity contribution in [2.24, 2.45) is 5.92 Å². The summed E-state index contributed by atoms with van der Waals surface area (Å²) in [4.78, 5) is 25.1. The highest BCUT2D eigenvalue weighted by Crippen LogP contribution is 2.46. The smallest absolute Gasteiger partial charge is 0.338 e. The molecule has 0 aromatic heterocycles. The van der Waals surface area contributed by atoms with Crippen molar-refractivity contribution < 1.29 is 59.5 Å². The highest BCUT2D eigenvalue weighted by atomic mass is 16.6. The van der Waals surface area contributed by atoms with Crippen LogP contribution in [0.5, 0.6) is 51.7 Å². The Morgan fingerprint density at radius 2 is 1.47 bits per heavy atom. The van der Waals surface area contributed by atoms with Gasteiger partial charge >= 0.3 is 11.9 Å². The van der Waals surface area contributed by atoms with E-state index in [4.69, 9.17) is 14.2 Å². The van der Waals surface area contributed by atoms with E-state index in [0.29, 0.717) is 0 Å². The van der Waals surface area contributed by atoms with Gasteiger partial charge in [0.1, 0.15) is 23.4 Å². The minimum Gasteiger partial charge on any atom is -0.508 e. The lowest BCUT2D eigenvalue weighted by atomic mass is 9.93. The molecule has 3 aromatic carbocycles. The van der Waals surface area contributed by atoms with E-state index in [2.05, 4.69) is 0 Å². The summed E-state index contributed by atoms with van der Waals surface area (Å²) in [7, 11) is 0. The van der Waals surface area contributed by atoms with Crippen molar-refractivity contribution in [2.75, 3.05) is 0 Å². The van der Waals surface area contributed by atoms with Crippen LogP contribution in [-0.4, -0.2) is 53.8 Å². The molecule has 0 spiro atoms. The second kappa shape index (κ2) is 9.81. The second-order valence-corrected chi connectivity index (χ2v) is 8.95. The highest BCUT2D eigenvalue weighted by Gasteiger charge is 2.37. The summed E-state index contributed by atoms with van der Waals surface area (Å²) in [6.45, 7) is 3.10. The molecule has 38 heavy (non-hydrogen) atoms. The lowest BCUT2D eigenvalue weighted by Crippen LogP contribution is -2.34. The Morgan fingerprint density at radius 3 is 2.11 bits per heavy atom. The topological polar surface area (TPSA) is 203 Å². The summed E-state index contributed by atoms with van der Waals surface area (Å²) >= 11 is 0. The van der Waals surface area contributed by atoms with Gasteiger partial charge in [-0.2, -0.15) is 0 Å². The lowest BCUT2D eigenvalue weighted by molar-refractivity contribution is -0.137. The molecule has 12 heteroatoms. The first kappa shape index (κ1) is 26.1. The third-order valence-electron chi connectivity index (χ3n) is 5.82. The van der Waals surface area contributed by atoms with Crippen molar-refractivity contribution in [3.8, 4) is 51.7 Å². The Balaban J connectivity index is 1.71. The molecule has 0 fully saturated rings. The van der Waals surface area contributed by atoms with Crippen molar-refractivity contribution in [3.63, 3.8) is 0 Å². The Hall–Kier alpha value is -5.00. The van der Waals surface area contributed by atoms with E-state index >= 15 is 0 Å². The van der Waals surface area contributed by atoms with Gasteiger partial charge in [0.15, 0.2) is 34.9 Å². The quantitative estimate of drug-likeness (QED) is 0.145. The number of hydrogen-bond donors (Lipinski definition) is 7. The van der Waals surface area contributed by atoms with Gasteiger partial charge in [0.05, 0.1) is 11.5 Å². The summed E-state index contributed by atoms with van der Waals surface area (Å²) in [5.41, 5.74) is -0.0453. The van der Waals surface area contributed by atoms with Crippen LogP contribution in [0, 0.1) is 5.92 Å². The van der Waals surface area contributed by atoms with E-state index in [1.54, 1.807) is 13.8 Å². The third kappa shape index (κ3) is 4.96. The minimum atomic E-state index is -1.22. The first-order valence-electron chi connectivity index (χ1n) is 11.3. The summed E-state index contributed by atoms with van der Waals surface area (Å²) in [5, 5.41) is 70.0. The average molecular weight is 528 g/mol. The molecule has 1 heterocycles. The molecule has 0 saturated carbocycles.